The molecular weight excluding hydrogens is 481 g/mol. The Balaban J connectivity index is 1.26. The molecule has 0 spiro atoms. The molecule has 2 saturated heterocycles. The van der Waals surface area contributed by atoms with Crippen LogP contribution < -0.4 is 9.80 Å². The van der Waals surface area contributed by atoms with E-state index in [0.29, 0.717) is 18.0 Å². The van der Waals surface area contributed by atoms with Gasteiger partial charge in [-0.1, -0.05) is 0 Å². The van der Waals surface area contributed by atoms with E-state index in [9.17, 15) is 18.3 Å². The number of nitrogens with zero attached hydrogens (tertiary/aromatic N) is 6. The summed E-state index contributed by atoms with van der Waals surface area (Å²) in [6, 6.07) is 8.17. The molecule has 2 aliphatic heterocycles. The number of aromatic nitrogens is 4. The molecule has 3 atom stereocenters. The van der Waals surface area contributed by atoms with Gasteiger partial charge in [0.2, 0.25) is 0 Å². The number of hydrogen-bond acceptors (Lipinski definition) is 6. The maximum absolute atomic E-state index is 14.5. The molecule has 0 saturated carbocycles. The van der Waals surface area contributed by atoms with E-state index in [0.717, 1.165) is 48.1 Å². The van der Waals surface area contributed by atoms with Crippen molar-refractivity contribution in [3.05, 3.63) is 83.4 Å². The third kappa shape index (κ3) is 4.64. The van der Waals surface area contributed by atoms with Gasteiger partial charge < -0.3 is 14.9 Å². The molecule has 0 radical (unpaired) electrons. The van der Waals surface area contributed by atoms with Crippen molar-refractivity contribution in [1.82, 2.24) is 19.6 Å². The summed E-state index contributed by atoms with van der Waals surface area (Å²) in [5.41, 5.74) is 3.13. The second kappa shape index (κ2) is 9.51. The quantitative estimate of drug-likeness (QED) is 0.432. The molecule has 0 amide bonds. The van der Waals surface area contributed by atoms with Crippen molar-refractivity contribution in [2.24, 2.45) is 0 Å². The van der Waals surface area contributed by atoms with Crippen LogP contribution in [0.2, 0.25) is 0 Å². The normalized spacial score (nSPS) is 22.1. The zero-order valence-corrected chi connectivity index (χ0v) is 19.9. The minimum absolute atomic E-state index is 0.0351. The van der Waals surface area contributed by atoms with Gasteiger partial charge in [-0.15, -0.1) is 0 Å². The van der Waals surface area contributed by atoms with Crippen molar-refractivity contribution in [2.75, 3.05) is 29.4 Å². The summed E-state index contributed by atoms with van der Waals surface area (Å²) >= 11 is 0. The van der Waals surface area contributed by atoms with E-state index < -0.39 is 23.8 Å². The third-order valence-corrected chi connectivity index (χ3v) is 6.98. The predicted molar refractivity (Wildman–Crippen MR) is 135 cm³/mol. The average molecular weight is 507 g/mol. The topological polar surface area (TPSA) is 69.8 Å². The number of aliphatic hydroxyl groups excluding tert-OH is 1. The van der Waals surface area contributed by atoms with Gasteiger partial charge in [0.05, 0.1) is 42.5 Å². The Kier molecular flexibility index (Phi) is 6.03. The lowest BCUT2D eigenvalue weighted by molar-refractivity contribution is 0.198. The van der Waals surface area contributed by atoms with E-state index in [1.807, 2.05) is 24.3 Å². The highest BCUT2D eigenvalue weighted by Gasteiger charge is 2.36. The van der Waals surface area contributed by atoms with Crippen LogP contribution in [-0.4, -0.2) is 56.6 Å². The summed E-state index contributed by atoms with van der Waals surface area (Å²) in [6.07, 6.45) is 8.21. The molecule has 190 valence electrons. The van der Waals surface area contributed by atoms with E-state index in [1.165, 1.54) is 0 Å². The minimum atomic E-state index is -1.19. The number of rotatable bonds is 5. The maximum atomic E-state index is 14.5. The van der Waals surface area contributed by atoms with Crippen LogP contribution in [0.5, 0.6) is 0 Å². The van der Waals surface area contributed by atoms with Gasteiger partial charge in [-0.25, -0.2) is 22.7 Å². The molecule has 2 aliphatic rings. The lowest BCUT2D eigenvalue weighted by Crippen LogP contribution is -2.25. The van der Waals surface area contributed by atoms with Crippen LogP contribution >= 0.6 is 0 Å². The number of alkyl halides is 1. The van der Waals surface area contributed by atoms with Crippen molar-refractivity contribution < 1.29 is 18.3 Å². The maximum Gasteiger partial charge on any atom is 0.164 e. The lowest BCUT2D eigenvalue weighted by Gasteiger charge is -2.26. The van der Waals surface area contributed by atoms with Crippen molar-refractivity contribution in [2.45, 2.75) is 31.2 Å². The summed E-state index contributed by atoms with van der Waals surface area (Å²) in [6.45, 7) is 1.45. The first kappa shape index (κ1) is 23.5. The summed E-state index contributed by atoms with van der Waals surface area (Å²) in [4.78, 5) is 13.0. The number of benzene rings is 1. The Hall–Kier alpha value is -3.92. The van der Waals surface area contributed by atoms with Crippen LogP contribution in [0.4, 0.5) is 24.7 Å². The fourth-order valence-corrected chi connectivity index (χ4v) is 5.09. The molecule has 7 nitrogen and oxygen atoms in total. The zero-order valence-electron chi connectivity index (χ0n) is 19.9. The van der Waals surface area contributed by atoms with E-state index in [-0.39, 0.29) is 24.6 Å². The molecule has 1 N–H and O–H groups in total. The first-order valence-electron chi connectivity index (χ1n) is 12.2. The second-order valence-electron chi connectivity index (χ2n) is 9.48. The van der Waals surface area contributed by atoms with E-state index in [1.54, 1.807) is 34.1 Å². The fourth-order valence-electron chi connectivity index (χ4n) is 5.09. The Morgan fingerprint density at radius 3 is 2.70 bits per heavy atom. The number of hydrogen-bond donors (Lipinski definition) is 1. The third-order valence-electron chi connectivity index (χ3n) is 6.98. The Labute approximate surface area is 211 Å². The Morgan fingerprint density at radius 2 is 1.92 bits per heavy atom. The van der Waals surface area contributed by atoms with Crippen LogP contribution in [0.3, 0.4) is 0 Å². The molecule has 0 unspecified atom stereocenters. The molecule has 1 aromatic carbocycles. The summed E-state index contributed by atoms with van der Waals surface area (Å²) < 4.78 is 44.5. The van der Waals surface area contributed by atoms with Crippen molar-refractivity contribution >= 4 is 29.3 Å². The van der Waals surface area contributed by atoms with Crippen molar-refractivity contribution in [3.8, 4) is 0 Å². The predicted octanol–water partition coefficient (Wildman–Crippen LogP) is 4.43. The van der Waals surface area contributed by atoms with Crippen LogP contribution in [-0.2, 0) is 0 Å². The highest BCUT2D eigenvalue weighted by molar-refractivity contribution is 5.76. The van der Waals surface area contributed by atoms with E-state index >= 15 is 0 Å². The van der Waals surface area contributed by atoms with E-state index in [4.69, 9.17) is 4.98 Å². The Bertz CT molecular complexity index is 1460. The van der Waals surface area contributed by atoms with E-state index in [2.05, 4.69) is 15.0 Å². The first-order chi connectivity index (χ1) is 17.9. The zero-order chi connectivity index (χ0) is 25.5. The fraction of sp³-hybridized carbons (Fsp3) is 0.296. The van der Waals surface area contributed by atoms with Gasteiger partial charge in [0, 0.05) is 36.8 Å². The molecular formula is C27H25F3N6O. The van der Waals surface area contributed by atoms with Crippen LogP contribution in [0.25, 0.3) is 17.8 Å². The summed E-state index contributed by atoms with van der Waals surface area (Å²) in [5.74, 6) is -0.671. The van der Waals surface area contributed by atoms with Gasteiger partial charge in [-0.05, 0) is 55.0 Å². The second-order valence-corrected chi connectivity index (χ2v) is 9.48. The van der Waals surface area contributed by atoms with Gasteiger partial charge >= 0.3 is 0 Å². The smallest absolute Gasteiger partial charge is 0.164 e. The van der Waals surface area contributed by atoms with Gasteiger partial charge in [-0.2, -0.15) is 5.10 Å². The van der Waals surface area contributed by atoms with Crippen LogP contribution in [0.1, 0.15) is 35.7 Å². The van der Waals surface area contributed by atoms with Crippen molar-refractivity contribution in [3.63, 3.8) is 0 Å². The van der Waals surface area contributed by atoms with Crippen LogP contribution in [0.15, 0.2) is 55.0 Å². The molecule has 4 aromatic rings. The number of pyridine rings is 1. The molecule has 5 heterocycles. The Morgan fingerprint density at radius 1 is 1.03 bits per heavy atom. The average Bonchev–Trinajstić information content (AvgIpc) is 3.62. The standard InChI is InChI=1S/C27H25F3N6O/c28-18-2-6-24(30)23(11-18)25-12-19(29)15-35(25)26-8-10-36-27(33-26)17(13-32-36)1-3-20-4-5-21(14-31-20)34-9-7-22(37)16-34/h1-6,8,10-11,13-14,19,22,25,37H,7,9,12,15-16H2/b3-1+/t19-,22+,25+/m0/s1. The molecule has 0 bridgehead atoms. The number of halogens is 3. The van der Waals surface area contributed by atoms with Crippen LogP contribution in [0, 0.1) is 11.6 Å². The summed E-state index contributed by atoms with van der Waals surface area (Å²) in [7, 11) is 0. The molecule has 3 aromatic heterocycles. The van der Waals surface area contributed by atoms with Gasteiger partial charge in [-0.3, -0.25) is 4.98 Å². The van der Waals surface area contributed by atoms with Gasteiger partial charge in [0.25, 0.3) is 0 Å². The largest absolute Gasteiger partial charge is 0.391 e. The monoisotopic (exact) mass is 506 g/mol. The number of anilines is 2. The van der Waals surface area contributed by atoms with Crippen molar-refractivity contribution in [1.29, 1.82) is 0 Å². The van der Waals surface area contributed by atoms with Gasteiger partial charge in [0.15, 0.2) is 5.65 Å². The number of β-amino-alcohol motifs (C(OH)–C–C–N with tert-alkyl or cyclic N) is 1. The highest BCUT2D eigenvalue weighted by Crippen LogP contribution is 2.38. The highest BCUT2D eigenvalue weighted by atomic mass is 19.1. The number of aliphatic hydroxyl groups is 1. The SMILES string of the molecule is O[C@@H]1CCN(c2ccc(/C=C/c3cnn4ccc(N5C[C@@H](F)C[C@@H]5c5cc(F)ccc5F)nc34)nc2)C1. The minimum Gasteiger partial charge on any atom is -0.391 e. The molecule has 0 aliphatic carbocycles. The molecule has 10 heteroatoms. The molecule has 6 rings (SSSR count). The molecule has 2 fully saturated rings. The molecule has 37 heavy (non-hydrogen) atoms. The van der Waals surface area contributed by atoms with Gasteiger partial charge in [0.1, 0.15) is 23.6 Å². The lowest BCUT2D eigenvalue weighted by atomic mass is 10.0. The first-order valence-corrected chi connectivity index (χ1v) is 12.2. The summed E-state index contributed by atoms with van der Waals surface area (Å²) in [5, 5.41) is 14.1. The number of fused-ring (bicyclic) bond motifs is 1.